The van der Waals surface area contributed by atoms with Crippen molar-refractivity contribution >= 4 is 37.2 Å². The van der Waals surface area contributed by atoms with E-state index in [9.17, 15) is 0 Å². The number of aliphatic hydroxyl groups excluding tert-OH is 1. The number of halogens is 3. The predicted molar refractivity (Wildman–Crippen MR) is 58.7 cm³/mol. The predicted octanol–water partition coefficient (Wildman–Crippen LogP) is -0.880. The fourth-order valence-electron chi connectivity index (χ4n) is 0.454. The standard InChI is InChI=1S/C5H15N3O.3ClH/c6-1-2-8-4-5(9)3-7;;;/h5,8-9H,1-4,6-7H2;3*1H. The molecule has 0 fully saturated rings. The van der Waals surface area contributed by atoms with Crippen molar-refractivity contribution in [2.24, 2.45) is 11.5 Å². The van der Waals surface area contributed by atoms with Gasteiger partial charge in [0.05, 0.1) is 6.10 Å². The summed E-state index contributed by atoms with van der Waals surface area (Å²) >= 11 is 0. The Morgan fingerprint density at radius 2 is 1.67 bits per heavy atom. The first kappa shape index (κ1) is 23.0. The topological polar surface area (TPSA) is 84.3 Å². The van der Waals surface area contributed by atoms with Crippen LogP contribution in [0, 0.1) is 0 Å². The molecule has 0 saturated heterocycles. The third-order valence-electron chi connectivity index (χ3n) is 0.973. The minimum atomic E-state index is -0.434. The molecule has 0 heterocycles. The molecule has 0 aromatic carbocycles. The number of nitrogens with two attached hydrogens (primary N) is 2. The minimum Gasteiger partial charge on any atom is -0.390 e. The molecule has 12 heavy (non-hydrogen) atoms. The van der Waals surface area contributed by atoms with Crippen molar-refractivity contribution in [3.05, 3.63) is 0 Å². The molecular formula is C5H18Cl3N3O. The first-order valence-corrected chi connectivity index (χ1v) is 3.10. The van der Waals surface area contributed by atoms with Gasteiger partial charge in [0.25, 0.3) is 0 Å². The zero-order valence-corrected chi connectivity index (χ0v) is 9.18. The first-order valence-electron chi connectivity index (χ1n) is 3.10. The van der Waals surface area contributed by atoms with E-state index in [1.54, 1.807) is 0 Å². The number of hydrogen-bond acceptors (Lipinski definition) is 4. The Kier molecular flexibility index (Phi) is 33.9. The lowest BCUT2D eigenvalue weighted by Crippen LogP contribution is -2.34. The van der Waals surface area contributed by atoms with E-state index in [2.05, 4.69) is 5.32 Å². The summed E-state index contributed by atoms with van der Waals surface area (Å²) in [4.78, 5) is 0. The highest BCUT2D eigenvalue weighted by molar-refractivity contribution is 5.86. The van der Waals surface area contributed by atoms with Crippen LogP contribution in [0.15, 0.2) is 0 Å². The Bertz CT molecular complexity index is 69.9. The number of nitrogens with one attached hydrogen (secondary N) is 1. The average molecular weight is 243 g/mol. The van der Waals surface area contributed by atoms with E-state index in [1.165, 1.54) is 0 Å². The maximum atomic E-state index is 8.86. The van der Waals surface area contributed by atoms with Crippen molar-refractivity contribution < 1.29 is 5.11 Å². The highest BCUT2D eigenvalue weighted by atomic mass is 35.5. The third kappa shape index (κ3) is 17.0. The van der Waals surface area contributed by atoms with Crippen LogP contribution in [0.1, 0.15) is 0 Å². The SMILES string of the molecule is Cl.Cl.Cl.NCCNCC(O)CN. The van der Waals surface area contributed by atoms with E-state index >= 15 is 0 Å². The number of hydrogen-bond donors (Lipinski definition) is 4. The lowest BCUT2D eigenvalue weighted by molar-refractivity contribution is 0.180. The average Bonchev–Trinajstić information content (AvgIpc) is 1.89. The summed E-state index contributed by atoms with van der Waals surface area (Å²) in [6.45, 7) is 2.17. The maximum Gasteiger partial charge on any atom is 0.0786 e. The van der Waals surface area contributed by atoms with Gasteiger partial charge in [0.1, 0.15) is 0 Å². The van der Waals surface area contributed by atoms with Crippen LogP contribution < -0.4 is 16.8 Å². The molecule has 1 unspecified atom stereocenters. The zero-order valence-electron chi connectivity index (χ0n) is 6.73. The van der Waals surface area contributed by atoms with E-state index in [0.717, 1.165) is 6.54 Å². The minimum absolute atomic E-state index is 0. The molecule has 0 amide bonds. The molecule has 80 valence electrons. The summed E-state index contributed by atoms with van der Waals surface area (Å²) in [7, 11) is 0. The van der Waals surface area contributed by atoms with Crippen molar-refractivity contribution in [2.45, 2.75) is 6.10 Å². The lowest BCUT2D eigenvalue weighted by atomic mass is 10.3. The van der Waals surface area contributed by atoms with Gasteiger partial charge in [0, 0.05) is 26.2 Å². The quantitative estimate of drug-likeness (QED) is 0.472. The zero-order chi connectivity index (χ0) is 7.11. The van der Waals surface area contributed by atoms with E-state index < -0.39 is 6.10 Å². The molecule has 4 nitrogen and oxygen atoms in total. The van der Waals surface area contributed by atoms with Crippen molar-refractivity contribution in [3.8, 4) is 0 Å². The summed E-state index contributed by atoms with van der Waals surface area (Å²) in [5.41, 5.74) is 10.3. The molecule has 6 N–H and O–H groups in total. The van der Waals surface area contributed by atoms with Gasteiger partial charge in [-0.3, -0.25) is 0 Å². The van der Waals surface area contributed by atoms with Gasteiger partial charge in [-0.2, -0.15) is 0 Å². The fraction of sp³-hybridized carbons (Fsp3) is 1.00. The Morgan fingerprint density at radius 1 is 1.17 bits per heavy atom. The van der Waals surface area contributed by atoms with E-state index in [-0.39, 0.29) is 37.2 Å². The van der Waals surface area contributed by atoms with Crippen LogP contribution in [0.5, 0.6) is 0 Å². The summed E-state index contributed by atoms with van der Waals surface area (Å²) in [5.74, 6) is 0. The van der Waals surface area contributed by atoms with Crippen molar-refractivity contribution in [2.75, 3.05) is 26.2 Å². The Labute approximate surface area is 91.7 Å². The number of aliphatic hydroxyl groups is 1. The lowest BCUT2D eigenvalue weighted by Gasteiger charge is -2.07. The third-order valence-corrected chi connectivity index (χ3v) is 0.973. The smallest absolute Gasteiger partial charge is 0.0786 e. The van der Waals surface area contributed by atoms with Gasteiger partial charge in [-0.25, -0.2) is 0 Å². The Hall–Kier alpha value is 0.710. The molecule has 0 spiro atoms. The van der Waals surface area contributed by atoms with Crippen LogP contribution in [0.4, 0.5) is 0 Å². The van der Waals surface area contributed by atoms with Crippen LogP contribution in [-0.4, -0.2) is 37.4 Å². The van der Waals surface area contributed by atoms with Crippen molar-refractivity contribution in [3.63, 3.8) is 0 Å². The van der Waals surface area contributed by atoms with Crippen LogP contribution in [0.3, 0.4) is 0 Å². The molecule has 0 bridgehead atoms. The maximum absolute atomic E-state index is 8.86. The normalized spacial score (nSPS) is 10.2. The van der Waals surface area contributed by atoms with E-state index in [0.29, 0.717) is 19.6 Å². The summed E-state index contributed by atoms with van der Waals surface area (Å²) in [6.07, 6.45) is -0.434. The summed E-state index contributed by atoms with van der Waals surface area (Å²) in [5, 5.41) is 11.8. The van der Waals surface area contributed by atoms with Gasteiger partial charge in [-0.15, -0.1) is 37.2 Å². The van der Waals surface area contributed by atoms with Crippen molar-refractivity contribution in [1.82, 2.24) is 5.32 Å². The number of rotatable bonds is 5. The van der Waals surface area contributed by atoms with Crippen LogP contribution >= 0.6 is 37.2 Å². The van der Waals surface area contributed by atoms with E-state index in [4.69, 9.17) is 16.6 Å². The van der Waals surface area contributed by atoms with Gasteiger partial charge in [0.15, 0.2) is 0 Å². The van der Waals surface area contributed by atoms with Crippen LogP contribution in [0.2, 0.25) is 0 Å². The molecule has 7 heteroatoms. The molecule has 0 saturated carbocycles. The monoisotopic (exact) mass is 241 g/mol. The molecule has 0 aromatic heterocycles. The molecule has 0 aliphatic heterocycles. The highest BCUT2D eigenvalue weighted by Crippen LogP contribution is 1.71. The second-order valence-electron chi connectivity index (χ2n) is 1.88. The van der Waals surface area contributed by atoms with E-state index in [1.807, 2.05) is 0 Å². The van der Waals surface area contributed by atoms with Gasteiger partial charge in [0.2, 0.25) is 0 Å². The molecule has 0 radical (unpaired) electrons. The highest BCUT2D eigenvalue weighted by Gasteiger charge is 1.96. The molecular weight excluding hydrogens is 224 g/mol. The Balaban J connectivity index is -0.000000107. The van der Waals surface area contributed by atoms with Gasteiger partial charge in [-0.05, 0) is 0 Å². The van der Waals surface area contributed by atoms with Crippen LogP contribution in [-0.2, 0) is 0 Å². The molecule has 1 atom stereocenters. The summed E-state index contributed by atoms with van der Waals surface area (Å²) < 4.78 is 0. The largest absolute Gasteiger partial charge is 0.390 e. The van der Waals surface area contributed by atoms with Gasteiger partial charge in [-0.1, -0.05) is 0 Å². The Morgan fingerprint density at radius 3 is 2.00 bits per heavy atom. The molecule has 0 aliphatic carbocycles. The molecule has 0 aliphatic rings. The fourth-order valence-corrected chi connectivity index (χ4v) is 0.454. The second-order valence-corrected chi connectivity index (χ2v) is 1.88. The van der Waals surface area contributed by atoms with Crippen LogP contribution in [0.25, 0.3) is 0 Å². The van der Waals surface area contributed by atoms with Gasteiger partial charge >= 0.3 is 0 Å². The molecule has 0 aromatic rings. The van der Waals surface area contributed by atoms with Gasteiger partial charge < -0.3 is 21.9 Å². The van der Waals surface area contributed by atoms with Crippen molar-refractivity contribution in [1.29, 1.82) is 0 Å². The first-order chi connectivity index (χ1) is 4.31. The second kappa shape index (κ2) is 17.7. The summed E-state index contributed by atoms with van der Waals surface area (Å²) in [6, 6.07) is 0. The molecule has 0 rings (SSSR count).